The first-order valence-corrected chi connectivity index (χ1v) is 5.80. The standard InChI is InChI=1S/C11H20O6/c1-14-5-6-16-10(8-17-11(12)13)7-9-3-2-4-15-9/h9-10H,2-8H2,1H3,(H,12,13). The second kappa shape index (κ2) is 8.27. The fourth-order valence-electron chi connectivity index (χ4n) is 1.77. The van der Waals surface area contributed by atoms with Crippen LogP contribution in [-0.2, 0) is 18.9 Å². The first-order chi connectivity index (χ1) is 8.22. The predicted octanol–water partition coefficient (Wildman–Crippen LogP) is 1.28. The SMILES string of the molecule is COCCOC(COC(=O)O)CC1CCCO1. The molecule has 0 saturated carbocycles. The molecule has 6 heteroatoms. The Balaban J connectivity index is 2.25. The van der Waals surface area contributed by atoms with E-state index in [9.17, 15) is 4.79 Å². The maximum Gasteiger partial charge on any atom is 0.505 e. The van der Waals surface area contributed by atoms with Gasteiger partial charge in [0.1, 0.15) is 6.61 Å². The van der Waals surface area contributed by atoms with Crippen molar-refractivity contribution in [2.45, 2.75) is 31.5 Å². The van der Waals surface area contributed by atoms with E-state index in [0.29, 0.717) is 19.6 Å². The lowest BCUT2D eigenvalue weighted by Gasteiger charge is -2.20. The van der Waals surface area contributed by atoms with E-state index in [4.69, 9.17) is 19.3 Å². The van der Waals surface area contributed by atoms with Crippen LogP contribution in [0, 0.1) is 0 Å². The van der Waals surface area contributed by atoms with Crippen LogP contribution in [0.15, 0.2) is 0 Å². The Morgan fingerprint density at radius 1 is 1.53 bits per heavy atom. The molecule has 0 radical (unpaired) electrons. The van der Waals surface area contributed by atoms with Crippen molar-refractivity contribution in [1.29, 1.82) is 0 Å². The first kappa shape index (κ1) is 14.2. The molecule has 1 rings (SSSR count). The van der Waals surface area contributed by atoms with E-state index in [-0.39, 0.29) is 18.8 Å². The Hall–Kier alpha value is -0.850. The largest absolute Gasteiger partial charge is 0.505 e. The highest BCUT2D eigenvalue weighted by molar-refractivity contribution is 5.56. The fraction of sp³-hybridized carbons (Fsp3) is 0.909. The van der Waals surface area contributed by atoms with Gasteiger partial charge in [-0.25, -0.2) is 4.79 Å². The molecule has 6 nitrogen and oxygen atoms in total. The normalized spacial score (nSPS) is 21.4. The van der Waals surface area contributed by atoms with E-state index in [2.05, 4.69) is 4.74 Å². The Morgan fingerprint density at radius 2 is 2.35 bits per heavy atom. The molecule has 0 amide bonds. The van der Waals surface area contributed by atoms with Crippen molar-refractivity contribution >= 4 is 6.16 Å². The van der Waals surface area contributed by atoms with Crippen molar-refractivity contribution < 1.29 is 28.8 Å². The van der Waals surface area contributed by atoms with Crippen LogP contribution in [0.2, 0.25) is 0 Å². The molecular formula is C11H20O6. The van der Waals surface area contributed by atoms with Crippen LogP contribution in [0.25, 0.3) is 0 Å². The smallest absolute Gasteiger partial charge is 0.450 e. The lowest BCUT2D eigenvalue weighted by Crippen LogP contribution is -2.27. The number of hydrogen-bond acceptors (Lipinski definition) is 5. The van der Waals surface area contributed by atoms with Crippen molar-refractivity contribution in [2.75, 3.05) is 33.5 Å². The van der Waals surface area contributed by atoms with E-state index in [0.717, 1.165) is 19.4 Å². The molecule has 1 saturated heterocycles. The summed E-state index contributed by atoms with van der Waals surface area (Å²) in [7, 11) is 1.59. The second-order valence-electron chi connectivity index (χ2n) is 3.93. The monoisotopic (exact) mass is 248 g/mol. The molecule has 1 N–H and O–H groups in total. The summed E-state index contributed by atoms with van der Waals surface area (Å²) in [4.78, 5) is 10.3. The third-order valence-corrected chi connectivity index (χ3v) is 2.58. The molecule has 0 aromatic carbocycles. The van der Waals surface area contributed by atoms with Crippen LogP contribution in [-0.4, -0.2) is 57.0 Å². The summed E-state index contributed by atoms with van der Waals surface area (Å²) < 4.78 is 20.4. The molecule has 0 bridgehead atoms. The van der Waals surface area contributed by atoms with Crippen molar-refractivity contribution in [2.24, 2.45) is 0 Å². The average Bonchev–Trinajstić information content (AvgIpc) is 2.78. The first-order valence-electron chi connectivity index (χ1n) is 5.80. The van der Waals surface area contributed by atoms with Crippen molar-refractivity contribution in [3.8, 4) is 0 Å². The molecular weight excluding hydrogens is 228 g/mol. The topological polar surface area (TPSA) is 74.2 Å². The zero-order chi connectivity index (χ0) is 12.5. The average molecular weight is 248 g/mol. The molecule has 0 aliphatic carbocycles. The molecule has 1 aliphatic rings. The molecule has 100 valence electrons. The summed E-state index contributed by atoms with van der Waals surface area (Å²) in [6.45, 7) is 1.72. The van der Waals surface area contributed by atoms with Crippen molar-refractivity contribution in [1.82, 2.24) is 0 Å². The van der Waals surface area contributed by atoms with Gasteiger partial charge in [-0.2, -0.15) is 0 Å². The summed E-state index contributed by atoms with van der Waals surface area (Å²) in [5.41, 5.74) is 0. The molecule has 1 fully saturated rings. The van der Waals surface area contributed by atoms with Gasteiger partial charge in [-0.15, -0.1) is 0 Å². The Labute approximate surface area is 101 Å². The van der Waals surface area contributed by atoms with Crippen molar-refractivity contribution in [3.05, 3.63) is 0 Å². The van der Waals surface area contributed by atoms with Gasteiger partial charge >= 0.3 is 6.16 Å². The number of rotatable bonds is 8. The molecule has 1 aliphatic heterocycles. The van der Waals surface area contributed by atoms with Gasteiger partial charge in [0.25, 0.3) is 0 Å². The minimum atomic E-state index is -1.28. The second-order valence-corrected chi connectivity index (χ2v) is 3.93. The van der Waals surface area contributed by atoms with Gasteiger partial charge in [-0.3, -0.25) is 0 Å². The molecule has 2 atom stereocenters. The van der Waals surface area contributed by atoms with Gasteiger partial charge in [-0.05, 0) is 12.8 Å². The highest BCUT2D eigenvalue weighted by Crippen LogP contribution is 2.18. The van der Waals surface area contributed by atoms with Crippen LogP contribution >= 0.6 is 0 Å². The Morgan fingerprint density at radius 3 is 2.94 bits per heavy atom. The number of carbonyl (C=O) groups is 1. The minimum absolute atomic E-state index is 0.0406. The maximum absolute atomic E-state index is 10.3. The summed E-state index contributed by atoms with van der Waals surface area (Å²) in [6, 6.07) is 0. The minimum Gasteiger partial charge on any atom is -0.450 e. The van der Waals surface area contributed by atoms with Gasteiger partial charge in [0, 0.05) is 20.1 Å². The third-order valence-electron chi connectivity index (χ3n) is 2.58. The Kier molecular flexibility index (Phi) is 6.91. The highest BCUT2D eigenvalue weighted by Gasteiger charge is 2.22. The lowest BCUT2D eigenvalue weighted by molar-refractivity contribution is -0.0470. The molecule has 0 spiro atoms. The van der Waals surface area contributed by atoms with Gasteiger partial charge in [0.15, 0.2) is 0 Å². The summed E-state index contributed by atoms with van der Waals surface area (Å²) in [5.74, 6) is 0. The Bertz CT molecular complexity index is 214. The van der Waals surface area contributed by atoms with Crippen molar-refractivity contribution in [3.63, 3.8) is 0 Å². The number of hydrogen-bond donors (Lipinski definition) is 1. The van der Waals surface area contributed by atoms with Gasteiger partial charge < -0.3 is 24.1 Å². The van der Waals surface area contributed by atoms with E-state index in [1.54, 1.807) is 7.11 Å². The quantitative estimate of drug-likeness (QED) is 0.515. The number of carboxylic acid groups (broad SMARTS) is 1. The summed E-state index contributed by atoms with van der Waals surface area (Å²) in [6.07, 6.45) is 1.32. The maximum atomic E-state index is 10.3. The molecule has 17 heavy (non-hydrogen) atoms. The van der Waals surface area contributed by atoms with Crippen LogP contribution in [0.1, 0.15) is 19.3 Å². The lowest BCUT2D eigenvalue weighted by atomic mass is 10.1. The van der Waals surface area contributed by atoms with E-state index < -0.39 is 6.16 Å². The number of methoxy groups -OCH3 is 1. The van der Waals surface area contributed by atoms with Crippen LogP contribution < -0.4 is 0 Å². The van der Waals surface area contributed by atoms with Gasteiger partial charge in [-0.1, -0.05) is 0 Å². The van der Waals surface area contributed by atoms with E-state index in [1.165, 1.54) is 0 Å². The predicted molar refractivity (Wildman–Crippen MR) is 59.2 cm³/mol. The number of ether oxygens (including phenoxy) is 4. The van der Waals surface area contributed by atoms with E-state index >= 15 is 0 Å². The van der Waals surface area contributed by atoms with Crippen LogP contribution in [0.4, 0.5) is 4.79 Å². The summed E-state index contributed by atoms with van der Waals surface area (Å²) in [5, 5.41) is 8.46. The molecule has 2 unspecified atom stereocenters. The fourth-order valence-corrected chi connectivity index (χ4v) is 1.77. The van der Waals surface area contributed by atoms with Gasteiger partial charge in [0.05, 0.1) is 25.4 Å². The molecule has 1 heterocycles. The van der Waals surface area contributed by atoms with Crippen LogP contribution in [0.5, 0.6) is 0 Å². The highest BCUT2D eigenvalue weighted by atomic mass is 16.7. The zero-order valence-corrected chi connectivity index (χ0v) is 10.1. The molecule has 0 aromatic heterocycles. The molecule has 0 aromatic rings. The van der Waals surface area contributed by atoms with E-state index in [1.807, 2.05) is 0 Å². The summed E-state index contributed by atoms with van der Waals surface area (Å²) >= 11 is 0. The zero-order valence-electron chi connectivity index (χ0n) is 10.1. The third kappa shape index (κ3) is 6.45. The van der Waals surface area contributed by atoms with Gasteiger partial charge in [0.2, 0.25) is 0 Å². The van der Waals surface area contributed by atoms with Crippen LogP contribution in [0.3, 0.4) is 0 Å².